The summed E-state index contributed by atoms with van der Waals surface area (Å²) in [7, 11) is -3.55. The molecule has 0 saturated heterocycles. The van der Waals surface area contributed by atoms with E-state index in [9.17, 15) is 14.4 Å². The van der Waals surface area contributed by atoms with Crippen molar-refractivity contribution >= 4 is 35.8 Å². The molecule has 0 heterocycles. The van der Waals surface area contributed by atoms with E-state index in [0.29, 0.717) is 15.7 Å². The molecule has 0 spiro atoms. The van der Waals surface area contributed by atoms with Crippen molar-refractivity contribution in [2.24, 2.45) is 0 Å². The molecule has 0 saturated carbocycles. The first-order valence-electron chi connectivity index (χ1n) is 4.76. The summed E-state index contributed by atoms with van der Waals surface area (Å²) in [6, 6.07) is 0. The molecule has 0 aliphatic carbocycles. The van der Waals surface area contributed by atoms with Gasteiger partial charge in [0.2, 0.25) is 0 Å². The zero-order valence-electron chi connectivity index (χ0n) is 9.29. The molecule has 0 rings (SSSR count). The van der Waals surface area contributed by atoms with Crippen molar-refractivity contribution in [3.05, 3.63) is 0 Å². The Morgan fingerprint density at radius 3 is 1.27 bits per heavy atom. The Bertz CT molecular complexity index is 246. The molecule has 0 unspecified atom stereocenters. The van der Waals surface area contributed by atoms with Crippen LogP contribution < -0.4 is 0 Å². The van der Waals surface area contributed by atoms with E-state index in [1.807, 2.05) is 20.8 Å². The Balaban J connectivity index is 5.90. The molecular formula is C9H19BrCoO3P. The fourth-order valence-electron chi connectivity index (χ4n) is 1.80. The summed E-state index contributed by atoms with van der Waals surface area (Å²) in [5.74, 6) is -2.18. The summed E-state index contributed by atoms with van der Waals surface area (Å²) < 4.78 is 0. The third-order valence-electron chi connectivity index (χ3n) is 3.08. The van der Waals surface area contributed by atoms with Crippen molar-refractivity contribution in [3.8, 4) is 0 Å². The van der Waals surface area contributed by atoms with Crippen LogP contribution in [0.2, 0.25) is 0 Å². The van der Waals surface area contributed by atoms with Gasteiger partial charge in [-0.2, -0.15) is 0 Å². The number of carbonyl (C=O) groups is 3. The van der Waals surface area contributed by atoms with Crippen LogP contribution in [0.1, 0.15) is 20.8 Å². The van der Waals surface area contributed by atoms with Crippen LogP contribution in [0.25, 0.3) is 0 Å². The predicted octanol–water partition coefficient (Wildman–Crippen LogP) is 2.28. The molecule has 0 aromatic heterocycles. The fraction of sp³-hybridized carbons (Fsp3) is 0.667. The zero-order chi connectivity index (χ0) is 12.2. The van der Waals surface area contributed by atoms with Gasteiger partial charge in [0, 0.05) is 0 Å². The Hall–Kier alpha value is 0.426. The van der Waals surface area contributed by atoms with E-state index in [-0.39, 0.29) is 0 Å². The van der Waals surface area contributed by atoms with Gasteiger partial charge in [-0.25, -0.2) is 0 Å². The summed E-state index contributed by atoms with van der Waals surface area (Å²) in [6.07, 6.45) is 2.33. The van der Waals surface area contributed by atoms with Gasteiger partial charge in [0.05, 0.1) is 0 Å². The van der Waals surface area contributed by atoms with Crippen molar-refractivity contribution in [2.45, 2.75) is 20.8 Å². The van der Waals surface area contributed by atoms with E-state index in [1.54, 1.807) is 0 Å². The molecule has 0 aromatic carbocycles. The quantitative estimate of drug-likeness (QED) is 0.526. The van der Waals surface area contributed by atoms with Gasteiger partial charge < -0.3 is 0 Å². The second-order valence-corrected chi connectivity index (χ2v) is 24.4. The second kappa shape index (κ2) is 5.17. The normalized spacial score (nSPS) is 16.1. The average Bonchev–Trinajstić information content (AvgIpc) is 2.31. The van der Waals surface area contributed by atoms with Crippen molar-refractivity contribution in [3.63, 3.8) is 0 Å². The molecule has 6 heteroatoms. The maximum absolute atomic E-state index is 11.3. The van der Waals surface area contributed by atoms with Crippen LogP contribution in [0, 0.1) is 0 Å². The Morgan fingerprint density at radius 1 is 0.933 bits per heavy atom. The number of halogens is 1. The Kier molecular flexibility index (Phi) is 5.32. The van der Waals surface area contributed by atoms with Crippen molar-refractivity contribution in [2.75, 3.05) is 18.5 Å². The van der Waals surface area contributed by atoms with Crippen LogP contribution in [-0.4, -0.2) is 34.1 Å². The summed E-state index contributed by atoms with van der Waals surface area (Å²) >= 11 is 3.28. The molecular weight excluding hydrogens is 326 g/mol. The number of carbonyl (C=O) groups excluding carboxylic acids is 3. The van der Waals surface area contributed by atoms with Gasteiger partial charge in [0.1, 0.15) is 0 Å². The number of hydrogen-bond donors (Lipinski definition) is 0. The Morgan fingerprint density at radius 2 is 1.20 bits per heavy atom. The van der Waals surface area contributed by atoms with Crippen LogP contribution in [0.4, 0.5) is 0 Å². The van der Waals surface area contributed by atoms with Crippen LogP contribution in [0.3, 0.4) is 0 Å². The zero-order valence-corrected chi connectivity index (χ0v) is 12.9. The second-order valence-electron chi connectivity index (χ2n) is 3.30. The summed E-state index contributed by atoms with van der Waals surface area (Å²) in [5, 5.41) is 1.85. The third kappa shape index (κ3) is 1.99. The van der Waals surface area contributed by atoms with Crippen LogP contribution in [0.15, 0.2) is 0 Å². The van der Waals surface area contributed by atoms with E-state index < -0.39 is 15.3 Å². The summed E-state index contributed by atoms with van der Waals surface area (Å²) in [4.78, 5) is 34.0. The van der Waals surface area contributed by atoms with Crippen LogP contribution in [-0.2, 0) is 23.7 Å². The monoisotopic (exact) mass is 344 g/mol. The molecule has 3 nitrogen and oxygen atoms in total. The predicted molar refractivity (Wildman–Crippen MR) is 69.1 cm³/mol. The molecule has 15 heavy (non-hydrogen) atoms. The first-order valence-corrected chi connectivity index (χ1v) is 13.2. The minimum atomic E-state index is -3.55. The van der Waals surface area contributed by atoms with Crippen molar-refractivity contribution in [1.82, 2.24) is 0 Å². The van der Waals surface area contributed by atoms with Crippen molar-refractivity contribution < 1.29 is 23.7 Å². The van der Waals surface area contributed by atoms with Gasteiger partial charge in [-0.15, -0.1) is 0 Å². The topological polar surface area (TPSA) is 51.2 Å². The van der Waals surface area contributed by atoms with Gasteiger partial charge in [-0.05, 0) is 0 Å². The molecule has 0 aliphatic rings. The molecule has 0 aromatic rings. The molecule has 0 radical (unpaired) electrons. The molecule has 0 amide bonds. The Labute approximate surface area is 98.6 Å². The van der Waals surface area contributed by atoms with Gasteiger partial charge >= 0.3 is 98.8 Å². The number of rotatable bonds is 7. The standard InChI is InChI=1S/C6H15P.3CHO.BrH.Co/c1-4-7(5-2)6-3;3*1-2;;/h4-6H2,1-3H3;3*1H;1H;. The van der Waals surface area contributed by atoms with Gasteiger partial charge in [0.15, 0.2) is 0 Å². The van der Waals surface area contributed by atoms with E-state index in [4.69, 9.17) is 0 Å². The van der Waals surface area contributed by atoms with Gasteiger partial charge in [-0.1, -0.05) is 0 Å². The maximum atomic E-state index is 11.3. The van der Waals surface area contributed by atoms with Crippen LogP contribution in [0.5, 0.6) is 0 Å². The molecule has 0 aliphatic heterocycles. The third-order valence-corrected chi connectivity index (χ3v) is 29.5. The molecule has 0 N–H and O–H groups in total. The van der Waals surface area contributed by atoms with E-state index in [2.05, 4.69) is 14.2 Å². The molecule has 0 bridgehead atoms. The number of hydrogen-bond acceptors (Lipinski definition) is 3. The SMILES string of the molecule is CC[PH](CC)(CC)[Co]([Br])([CH]=O)([CH]=O)[CH]=O. The fourth-order valence-corrected chi connectivity index (χ4v) is 21.7. The molecule has 0 fully saturated rings. The van der Waals surface area contributed by atoms with Gasteiger partial charge in [-0.3, -0.25) is 0 Å². The van der Waals surface area contributed by atoms with Crippen molar-refractivity contribution in [1.29, 1.82) is 0 Å². The molecule has 94 valence electrons. The first kappa shape index (κ1) is 15.4. The average molecular weight is 345 g/mol. The minimum absolute atomic E-state index is 0.618. The molecule has 0 atom stereocenters. The van der Waals surface area contributed by atoms with E-state index in [0.717, 1.165) is 18.5 Å². The van der Waals surface area contributed by atoms with E-state index >= 15 is 0 Å². The summed E-state index contributed by atoms with van der Waals surface area (Å²) in [6.45, 7) is 5.91. The van der Waals surface area contributed by atoms with E-state index in [1.165, 1.54) is 0 Å². The van der Waals surface area contributed by atoms with Gasteiger partial charge in [0.25, 0.3) is 0 Å². The first-order chi connectivity index (χ1) is 6.92. The van der Waals surface area contributed by atoms with Crippen LogP contribution >= 0.6 is 20.2 Å². The summed E-state index contributed by atoms with van der Waals surface area (Å²) in [5.41, 5.74) is 0.